The van der Waals surface area contributed by atoms with E-state index in [2.05, 4.69) is 25.4 Å². The van der Waals surface area contributed by atoms with Gasteiger partial charge in [-0.3, -0.25) is 10.1 Å². The largest absolute Gasteiger partial charge is 0.315 e. The van der Waals surface area contributed by atoms with Crippen molar-refractivity contribution in [1.82, 2.24) is 5.32 Å². The van der Waals surface area contributed by atoms with Gasteiger partial charge in [-0.2, -0.15) is 11.8 Å². The first-order chi connectivity index (χ1) is 9.56. The number of nitrogens with zero attached hydrogens (tertiary/aromatic N) is 1. The van der Waals surface area contributed by atoms with Crippen LogP contribution in [0.15, 0.2) is 24.3 Å². The fourth-order valence-corrected chi connectivity index (χ4v) is 3.02. The highest BCUT2D eigenvalue weighted by atomic mass is 32.2. The van der Waals surface area contributed by atoms with E-state index in [1.165, 1.54) is 0 Å². The molecule has 0 amide bonds. The quantitative estimate of drug-likeness (QED) is 0.429. The molecule has 1 N–H and O–H groups in total. The number of thioether (sulfide) groups is 1. The van der Waals surface area contributed by atoms with E-state index in [1.807, 2.05) is 23.9 Å². The molecular weight excluding hydrogens is 272 g/mol. The Balaban J connectivity index is 2.39. The van der Waals surface area contributed by atoms with Crippen LogP contribution in [0.4, 0.5) is 5.69 Å². The molecule has 0 unspecified atom stereocenters. The molecular formula is C15H24N2O2S. The zero-order chi connectivity index (χ0) is 15.0. The van der Waals surface area contributed by atoms with Crippen molar-refractivity contribution in [2.45, 2.75) is 37.9 Å². The van der Waals surface area contributed by atoms with Crippen molar-refractivity contribution in [3.05, 3.63) is 39.9 Å². The predicted molar refractivity (Wildman–Crippen MR) is 86.5 cm³/mol. The number of hydrogen-bond donors (Lipinski definition) is 1. The lowest BCUT2D eigenvalue weighted by Crippen LogP contribution is -2.37. The van der Waals surface area contributed by atoms with Gasteiger partial charge in [0.2, 0.25) is 0 Å². The smallest absolute Gasteiger partial charge is 0.269 e. The first-order valence-corrected chi connectivity index (χ1v) is 8.28. The second-order valence-corrected chi connectivity index (χ2v) is 6.22. The maximum Gasteiger partial charge on any atom is 0.269 e. The Labute approximate surface area is 125 Å². The fourth-order valence-electron chi connectivity index (χ4n) is 2.19. The average molecular weight is 296 g/mol. The summed E-state index contributed by atoms with van der Waals surface area (Å²) in [5.41, 5.74) is 1.28. The van der Waals surface area contributed by atoms with Gasteiger partial charge in [-0.25, -0.2) is 0 Å². The minimum Gasteiger partial charge on any atom is -0.315 e. The van der Waals surface area contributed by atoms with Crippen molar-refractivity contribution in [1.29, 1.82) is 0 Å². The molecule has 0 atom stereocenters. The summed E-state index contributed by atoms with van der Waals surface area (Å²) < 4.78 is 0.329. The third-order valence-electron chi connectivity index (χ3n) is 3.91. The van der Waals surface area contributed by atoms with E-state index in [9.17, 15) is 10.1 Å². The summed E-state index contributed by atoms with van der Waals surface area (Å²) in [4.78, 5) is 10.2. The van der Waals surface area contributed by atoms with E-state index in [4.69, 9.17) is 0 Å². The Morgan fingerprint density at radius 3 is 2.30 bits per heavy atom. The normalized spacial score (nSPS) is 11.6. The molecule has 1 aromatic carbocycles. The third-order valence-corrected chi connectivity index (χ3v) is 5.49. The Morgan fingerprint density at radius 2 is 1.85 bits per heavy atom. The monoisotopic (exact) mass is 296 g/mol. The molecule has 4 nitrogen and oxygen atoms in total. The Bertz CT molecular complexity index is 408. The van der Waals surface area contributed by atoms with Crippen LogP contribution in [0.3, 0.4) is 0 Å². The molecule has 0 fully saturated rings. The van der Waals surface area contributed by atoms with Gasteiger partial charge in [0.25, 0.3) is 5.69 Å². The van der Waals surface area contributed by atoms with Crippen LogP contribution in [0, 0.1) is 10.1 Å². The van der Waals surface area contributed by atoms with Gasteiger partial charge in [0.1, 0.15) is 0 Å². The van der Waals surface area contributed by atoms with Gasteiger partial charge in [-0.05, 0) is 37.6 Å². The van der Waals surface area contributed by atoms with Crippen molar-refractivity contribution in [3.8, 4) is 0 Å². The number of benzene rings is 1. The lowest BCUT2D eigenvalue weighted by Gasteiger charge is -2.30. The molecule has 5 heteroatoms. The van der Waals surface area contributed by atoms with Crippen LogP contribution in [0.25, 0.3) is 0 Å². The van der Waals surface area contributed by atoms with Gasteiger partial charge in [0, 0.05) is 23.4 Å². The summed E-state index contributed by atoms with van der Waals surface area (Å²) in [6.45, 7) is 6.38. The fraction of sp³-hybridized carbons (Fsp3) is 0.600. The van der Waals surface area contributed by atoms with Crippen LogP contribution in [0.2, 0.25) is 0 Å². The zero-order valence-corrected chi connectivity index (χ0v) is 13.3. The standard InChI is InChI=1S/C15H24N2O2S/c1-4-15(5-2,20-3)12-16-11-10-13-6-8-14(9-7-13)17(18)19/h6-9,16H,4-5,10-12H2,1-3H3. The second-order valence-electron chi connectivity index (χ2n) is 4.94. The number of nitrogens with one attached hydrogen (secondary N) is 1. The van der Waals surface area contributed by atoms with Gasteiger partial charge in [0.15, 0.2) is 0 Å². The molecule has 0 aliphatic heterocycles. The van der Waals surface area contributed by atoms with Gasteiger partial charge >= 0.3 is 0 Å². The van der Waals surface area contributed by atoms with Crippen LogP contribution < -0.4 is 5.32 Å². The minimum absolute atomic E-state index is 0.153. The lowest BCUT2D eigenvalue weighted by molar-refractivity contribution is -0.384. The summed E-state index contributed by atoms with van der Waals surface area (Å²) in [5.74, 6) is 0. The Hall–Kier alpha value is -1.07. The molecule has 20 heavy (non-hydrogen) atoms. The number of hydrogen-bond acceptors (Lipinski definition) is 4. The van der Waals surface area contributed by atoms with Crippen molar-refractivity contribution in [2.75, 3.05) is 19.3 Å². The topological polar surface area (TPSA) is 55.2 Å². The first kappa shape index (κ1) is 17.0. The molecule has 0 aromatic heterocycles. The molecule has 1 aromatic rings. The van der Waals surface area contributed by atoms with E-state index in [0.29, 0.717) is 4.75 Å². The molecule has 0 saturated heterocycles. The predicted octanol–water partition coefficient (Wildman–Crippen LogP) is 3.65. The first-order valence-electron chi connectivity index (χ1n) is 7.06. The summed E-state index contributed by atoms with van der Waals surface area (Å²) in [7, 11) is 0. The van der Waals surface area contributed by atoms with E-state index in [-0.39, 0.29) is 10.6 Å². The molecule has 0 aliphatic rings. The maximum absolute atomic E-state index is 10.6. The molecule has 1 rings (SSSR count). The summed E-state index contributed by atoms with van der Waals surface area (Å²) in [6.07, 6.45) is 5.39. The van der Waals surface area contributed by atoms with Gasteiger partial charge < -0.3 is 5.32 Å². The van der Waals surface area contributed by atoms with E-state index in [0.717, 1.165) is 37.9 Å². The molecule has 112 valence electrons. The summed E-state index contributed by atoms with van der Waals surface area (Å²) in [6, 6.07) is 6.81. The molecule has 0 bridgehead atoms. The third kappa shape index (κ3) is 4.80. The van der Waals surface area contributed by atoms with Crippen molar-refractivity contribution in [2.24, 2.45) is 0 Å². The summed E-state index contributed by atoms with van der Waals surface area (Å²) in [5, 5.41) is 14.1. The highest BCUT2D eigenvalue weighted by molar-refractivity contribution is 8.00. The van der Waals surface area contributed by atoms with Crippen LogP contribution in [-0.2, 0) is 6.42 Å². The molecule has 0 radical (unpaired) electrons. The number of nitro groups is 1. The van der Waals surface area contributed by atoms with Crippen LogP contribution >= 0.6 is 11.8 Å². The summed E-state index contributed by atoms with van der Waals surface area (Å²) >= 11 is 1.93. The van der Waals surface area contributed by atoms with E-state index < -0.39 is 0 Å². The minimum atomic E-state index is -0.364. The number of non-ortho nitro benzene ring substituents is 1. The van der Waals surface area contributed by atoms with Crippen LogP contribution in [0.1, 0.15) is 32.3 Å². The Kier molecular flexibility index (Phi) is 7.02. The van der Waals surface area contributed by atoms with Crippen LogP contribution in [0.5, 0.6) is 0 Å². The van der Waals surface area contributed by atoms with E-state index >= 15 is 0 Å². The van der Waals surface area contributed by atoms with Crippen molar-refractivity contribution >= 4 is 17.4 Å². The highest BCUT2D eigenvalue weighted by Gasteiger charge is 2.23. The molecule has 0 heterocycles. The molecule has 0 spiro atoms. The highest BCUT2D eigenvalue weighted by Crippen LogP contribution is 2.29. The number of nitro benzene ring substituents is 1. The van der Waals surface area contributed by atoms with Crippen LogP contribution in [-0.4, -0.2) is 29.0 Å². The van der Waals surface area contributed by atoms with Gasteiger partial charge in [-0.15, -0.1) is 0 Å². The van der Waals surface area contributed by atoms with E-state index in [1.54, 1.807) is 12.1 Å². The lowest BCUT2D eigenvalue weighted by atomic mass is 10.0. The molecule has 0 aliphatic carbocycles. The molecule has 0 saturated carbocycles. The van der Waals surface area contributed by atoms with Crippen molar-refractivity contribution in [3.63, 3.8) is 0 Å². The van der Waals surface area contributed by atoms with Gasteiger partial charge in [0.05, 0.1) is 4.92 Å². The zero-order valence-electron chi connectivity index (χ0n) is 12.5. The average Bonchev–Trinajstić information content (AvgIpc) is 2.49. The maximum atomic E-state index is 10.6. The van der Waals surface area contributed by atoms with Crippen molar-refractivity contribution < 1.29 is 4.92 Å². The second kappa shape index (κ2) is 8.27. The van der Waals surface area contributed by atoms with Gasteiger partial charge in [-0.1, -0.05) is 26.0 Å². The Morgan fingerprint density at radius 1 is 1.25 bits per heavy atom. The SMILES string of the molecule is CCC(CC)(CNCCc1ccc([N+](=O)[O-])cc1)SC. The number of rotatable bonds is 9.